The highest BCUT2D eigenvalue weighted by atomic mass is 31.2. The fourth-order valence-corrected chi connectivity index (χ4v) is 3.28. The van der Waals surface area contributed by atoms with Crippen molar-refractivity contribution in [2.24, 2.45) is 0 Å². The Bertz CT molecular complexity index is 367. The monoisotopic (exact) mass is 227 g/mol. The van der Waals surface area contributed by atoms with Crippen molar-refractivity contribution in [2.75, 3.05) is 20.3 Å². The zero-order valence-electron chi connectivity index (χ0n) is 8.60. The lowest BCUT2D eigenvalue weighted by molar-refractivity contribution is 0.285. The molecule has 0 aromatic heterocycles. The van der Waals surface area contributed by atoms with E-state index in [4.69, 9.17) is 9.26 Å². The second kappa shape index (κ2) is 4.35. The molecule has 2 rings (SSSR count). The number of nitrogens with one attached hydrogen (secondary N) is 1. The van der Waals surface area contributed by atoms with E-state index in [0.29, 0.717) is 11.9 Å². The van der Waals surface area contributed by atoms with Crippen molar-refractivity contribution in [3.8, 4) is 5.75 Å². The molecule has 0 bridgehead atoms. The molecule has 0 amide bonds. The quantitative estimate of drug-likeness (QED) is 0.778. The van der Waals surface area contributed by atoms with Crippen LogP contribution in [0, 0.1) is 0 Å². The minimum Gasteiger partial charge on any atom is -0.497 e. The molecular formula is C10H14NO3P. The summed E-state index contributed by atoms with van der Waals surface area (Å²) in [4.78, 5) is 0. The Morgan fingerprint density at radius 3 is 2.67 bits per heavy atom. The number of benzene rings is 1. The lowest BCUT2D eigenvalue weighted by Gasteiger charge is -2.24. The third-order valence-corrected chi connectivity index (χ3v) is 4.49. The van der Waals surface area contributed by atoms with Crippen LogP contribution in [0.4, 0.5) is 0 Å². The molecule has 5 heteroatoms. The van der Waals surface area contributed by atoms with Crippen molar-refractivity contribution in [2.45, 2.75) is 6.42 Å². The van der Waals surface area contributed by atoms with Gasteiger partial charge in [0, 0.05) is 6.54 Å². The summed E-state index contributed by atoms with van der Waals surface area (Å²) < 4.78 is 22.6. The number of methoxy groups -OCH3 is 1. The maximum Gasteiger partial charge on any atom is 0.299 e. The SMILES string of the molecule is COc1ccc(P2(=O)NCCCO2)cc1. The molecule has 1 aliphatic rings. The van der Waals surface area contributed by atoms with E-state index in [1.165, 1.54) is 0 Å². The third kappa shape index (κ3) is 2.23. The summed E-state index contributed by atoms with van der Waals surface area (Å²) in [5.41, 5.74) is 0. The Morgan fingerprint density at radius 1 is 1.40 bits per heavy atom. The standard InChI is InChI=1S/C10H14NO3P/c1-13-9-3-5-10(6-4-9)15(12)11-7-2-8-14-15/h3-6H,2,7-8H2,1H3,(H,11,12). The molecule has 1 aliphatic heterocycles. The highest BCUT2D eigenvalue weighted by Gasteiger charge is 2.27. The van der Waals surface area contributed by atoms with Gasteiger partial charge in [0.05, 0.1) is 19.0 Å². The molecule has 82 valence electrons. The van der Waals surface area contributed by atoms with Gasteiger partial charge in [-0.2, -0.15) is 0 Å². The van der Waals surface area contributed by atoms with Crippen molar-refractivity contribution in [3.05, 3.63) is 24.3 Å². The molecule has 1 saturated heterocycles. The average molecular weight is 227 g/mol. The van der Waals surface area contributed by atoms with Crippen LogP contribution in [0.3, 0.4) is 0 Å². The van der Waals surface area contributed by atoms with Gasteiger partial charge in [-0.05, 0) is 30.7 Å². The van der Waals surface area contributed by atoms with E-state index < -0.39 is 7.52 Å². The second-order valence-corrected chi connectivity index (χ2v) is 5.54. The van der Waals surface area contributed by atoms with Gasteiger partial charge in [-0.1, -0.05) is 0 Å². The molecule has 0 radical (unpaired) electrons. The molecule has 1 fully saturated rings. The summed E-state index contributed by atoms with van der Waals surface area (Å²) in [6.07, 6.45) is 0.903. The van der Waals surface area contributed by atoms with Gasteiger partial charge < -0.3 is 9.26 Å². The van der Waals surface area contributed by atoms with Crippen molar-refractivity contribution in [1.82, 2.24) is 5.09 Å². The fourth-order valence-electron chi connectivity index (χ4n) is 1.48. The zero-order valence-corrected chi connectivity index (χ0v) is 9.50. The molecule has 0 aliphatic carbocycles. The van der Waals surface area contributed by atoms with Gasteiger partial charge in [-0.3, -0.25) is 4.57 Å². The Labute approximate surface area is 89.1 Å². The molecule has 1 unspecified atom stereocenters. The van der Waals surface area contributed by atoms with Gasteiger partial charge in [0.1, 0.15) is 5.75 Å². The van der Waals surface area contributed by atoms with Gasteiger partial charge >= 0.3 is 0 Å². The molecule has 0 saturated carbocycles. The molecule has 1 heterocycles. The predicted octanol–water partition coefficient (Wildman–Crippen LogP) is 1.52. The summed E-state index contributed by atoms with van der Waals surface area (Å²) in [6.45, 7) is 1.29. The van der Waals surface area contributed by atoms with E-state index in [-0.39, 0.29) is 0 Å². The van der Waals surface area contributed by atoms with Crippen LogP contribution in [-0.2, 0) is 9.09 Å². The van der Waals surface area contributed by atoms with Crippen LogP contribution in [0.5, 0.6) is 5.75 Å². The van der Waals surface area contributed by atoms with E-state index in [1.54, 1.807) is 31.4 Å². The first-order valence-electron chi connectivity index (χ1n) is 4.89. The summed E-state index contributed by atoms with van der Waals surface area (Å²) in [6, 6.07) is 7.12. The Balaban J connectivity index is 2.24. The number of hydrogen-bond acceptors (Lipinski definition) is 3. The molecule has 4 nitrogen and oxygen atoms in total. The lowest BCUT2D eigenvalue weighted by Crippen LogP contribution is -2.27. The van der Waals surface area contributed by atoms with Crippen LogP contribution >= 0.6 is 7.52 Å². The van der Waals surface area contributed by atoms with Crippen LogP contribution in [0.25, 0.3) is 0 Å². The van der Waals surface area contributed by atoms with E-state index >= 15 is 0 Å². The normalized spacial score (nSPS) is 26.2. The number of ether oxygens (including phenoxy) is 1. The van der Waals surface area contributed by atoms with E-state index in [9.17, 15) is 4.57 Å². The highest BCUT2D eigenvalue weighted by Crippen LogP contribution is 2.43. The predicted molar refractivity (Wildman–Crippen MR) is 58.8 cm³/mol. The van der Waals surface area contributed by atoms with Gasteiger partial charge in [0.2, 0.25) is 0 Å². The molecule has 1 atom stereocenters. The van der Waals surface area contributed by atoms with Crippen LogP contribution in [0.1, 0.15) is 6.42 Å². The number of rotatable bonds is 2. The van der Waals surface area contributed by atoms with Crippen LogP contribution < -0.4 is 15.1 Å². The summed E-state index contributed by atoms with van der Waals surface area (Å²) >= 11 is 0. The van der Waals surface area contributed by atoms with E-state index in [2.05, 4.69) is 5.09 Å². The molecule has 0 spiro atoms. The minimum atomic E-state index is -2.80. The zero-order chi connectivity index (χ0) is 10.7. The van der Waals surface area contributed by atoms with Crippen LogP contribution in [0.15, 0.2) is 24.3 Å². The topological polar surface area (TPSA) is 47.6 Å². The first-order valence-corrected chi connectivity index (χ1v) is 6.51. The van der Waals surface area contributed by atoms with Gasteiger partial charge in [-0.25, -0.2) is 5.09 Å². The Morgan fingerprint density at radius 2 is 2.13 bits per heavy atom. The Kier molecular flexibility index (Phi) is 3.10. The Hall–Kier alpha value is -0.830. The second-order valence-electron chi connectivity index (χ2n) is 3.34. The van der Waals surface area contributed by atoms with Gasteiger partial charge in [-0.15, -0.1) is 0 Å². The highest BCUT2D eigenvalue weighted by molar-refractivity contribution is 7.65. The van der Waals surface area contributed by atoms with Crippen molar-refractivity contribution < 1.29 is 13.8 Å². The summed E-state index contributed by atoms with van der Waals surface area (Å²) in [7, 11) is -1.20. The van der Waals surface area contributed by atoms with Crippen molar-refractivity contribution in [3.63, 3.8) is 0 Å². The average Bonchev–Trinajstić information content (AvgIpc) is 2.30. The summed E-state index contributed by atoms with van der Waals surface area (Å²) in [5, 5.41) is 3.64. The summed E-state index contributed by atoms with van der Waals surface area (Å²) in [5.74, 6) is 0.752. The van der Waals surface area contributed by atoms with Crippen molar-refractivity contribution >= 4 is 12.8 Å². The molecular weight excluding hydrogens is 213 g/mol. The first kappa shape index (κ1) is 10.7. The molecule has 1 aromatic rings. The van der Waals surface area contributed by atoms with Crippen LogP contribution in [-0.4, -0.2) is 20.3 Å². The lowest BCUT2D eigenvalue weighted by atomic mass is 10.3. The van der Waals surface area contributed by atoms with Crippen molar-refractivity contribution in [1.29, 1.82) is 0 Å². The molecule has 15 heavy (non-hydrogen) atoms. The van der Waals surface area contributed by atoms with Crippen LogP contribution in [0.2, 0.25) is 0 Å². The minimum absolute atomic E-state index is 0.552. The smallest absolute Gasteiger partial charge is 0.299 e. The fraction of sp³-hybridized carbons (Fsp3) is 0.400. The third-order valence-electron chi connectivity index (χ3n) is 2.33. The maximum atomic E-state index is 12.3. The van der Waals surface area contributed by atoms with Gasteiger partial charge in [0.25, 0.3) is 7.52 Å². The molecule has 1 N–H and O–H groups in total. The van der Waals surface area contributed by atoms with Gasteiger partial charge in [0.15, 0.2) is 0 Å². The van der Waals surface area contributed by atoms with E-state index in [1.807, 2.05) is 0 Å². The maximum absolute atomic E-state index is 12.3. The van der Waals surface area contributed by atoms with E-state index in [0.717, 1.165) is 18.7 Å². The largest absolute Gasteiger partial charge is 0.497 e. The number of hydrogen-bond donors (Lipinski definition) is 1. The first-order chi connectivity index (χ1) is 7.24. The molecule has 1 aromatic carbocycles.